The van der Waals surface area contributed by atoms with Crippen LogP contribution < -0.4 is 15.4 Å². The summed E-state index contributed by atoms with van der Waals surface area (Å²) in [5.41, 5.74) is 4.02. The van der Waals surface area contributed by atoms with Gasteiger partial charge in [0.2, 0.25) is 0 Å². The van der Waals surface area contributed by atoms with Crippen LogP contribution in [0.3, 0.4) is 0 Å². The number of pyridine rings is 1. The van der Waals surface area contributed by atoms with Crippen molar-refractivity contribution in [3.8, 4) is 17.0 Å². The highest BCUT2D eigenvalue weighted by Crippen LogP contribution is 2.33. The monoisotopic (exact) mass is 409 g/mol. The second kappa shape index (κ2) is 7.57. The van der Waals surface area contributed by atoms with Gasteiger partial charge in [-0.2, -0.15) is 0 Å². The van der Waals surface area contributed by atoms with Gasteiger partial charge < -0.3 is 15.4 Å². The number of carbonyl (C=O) groups excluding carboxylic acids is 2. The number of rotatable bonds is 3. The summed E-state index contributed by atoms with van der Waals surface area (Å²) in [6.45, 7) is 1.69. The van der Waals surface area contributed by atoms with Crippen molar-refractivity contribution in [2.45, 2.75) is 13.0 Å². The zero-order valence-electron chi connectivity index (χ0n) is 16.8. The number of nitrogens with zero attached hydrogens (tertiary/aromatic N) is 1. The molecule has 1 atom stereocenters. The number of amides is 2. The molecule has 0 spiro atoms. The summed E-state index contributed by atoms with van der Waals surface area (Å²) in [5.74, 6) is 0.0987. The Hall–Kier alpha value is -4.19. The van der Waals surface area contributed by atoms with Crippen LogP contribution >= 0.6 is 0 Å². The molecule has 0 fully saturated rings. The van der Waals surface area contributed by atoms with Gasteiger partial charge in [0, 0.05) is 16.6 Å². The summed E-state index contributed by atoms with van der Waals surface area (Å²) in [4.78, 5) is 29.9. The van der Waals surface area contributed by atoms with Crippen molar-refractivity contribution >= 4 is 34.1 Å². The van der Waals surface area contributed by atoms with Crippen LogP contribution in [0.5, 0.6) is 5.75 Å². The molecule has 0 bridgehead atoms. The average molecular weight is 409 g/mol. The van der Waals surface area contributed by atoms with E-state index in [0.717, 1.165) is 22.2 Å². The maximum atomic E-state index is 13.2. The van der Waals surface area contributed by atoms with Gasteiger partial charge in [-0.25, -0.2) is 4.98 Å². The van der Waals surface area contributed by atoms with Crippen molar-refractivity contribution in [2.24, 2.45) is 0 Å². The molecule has 31 heavy (non-hydrogen) atoms. The van der Waals surface area contributed by atoms with E-state index >= 15 is 0 Å². The zero-order valence-corrected chi connectivity index (χ0v) is 16.8. The lowest BCUT2D eigenvalue weighted by atomic mass is 10.0. The van der Waals surface area contributed by atoms with Crippen LogP contribution in [0.1, 0.15) is 17.3 Å². The van der Waals surface area contributed by atoms with Crippen LogP contribution in [-0.4, -0.2) is 22.9 Å². The third-order valence-electron chi connectivity index (χ3n) is 5.20. The van der Waals surface area contributed by atoms with E-state index in [4.69, 9.17) is 9.72 Å². The first kappa shape index (κ1) is 18.8. The largest absolute Gasteiger partial charge is 0.479 e. The molecule has 0 aliphatic carbocycles. The van der Waals surface area contributed by atoms with Crippen molar-refractivity contribution in [1.29, 1.82) is 0 Å². The van der Waals surface area contributed by atoms with Crippen molar-refractivity contribution < 1.29 is 14.3 Å². The van der Waals surface area contributed by atoms with Crippen LogP contribution in [0.2, 0.25) is 0 Å². The Morgan fingerprint density at radius 3 is 2.61 bits per heavy atom. The van der Waals surface area contributed by atoms with Crippen LogP contribution in [0, 0.1) is 0 Å². The first-order valence-corrected chi connectivity index (χ1v) is 9.96. The molecule has 4 aromatic rings. The Bertz CT molecular complexity index is 1320. The maximum Gasteiger partial charge on any atom is 0.265 e. The van der Waals surface area contributed by atoms with E-state index in [2.05, 4.69) is 10.6 Å². The minimum absolute atomic E-state index is 0.219. The SMILES string of the molecule is C[C@@H]1Oc2ccc(NC(=O)c3cc(-c4ccccc4)nc4ccccc34)cc2NC1=O. The highest BCUT2D eigenvalue weighted by atomic mass is 16.5. The van der Waals surface area contributed by atoms with Gasteiger partial charge in [-0.3, -0.25) is 9.59 Å². The minimum atomic E-state index is -0.549. The number of hydrogen-bond acceptors (Lipinski definition) is 4. The number of benzene rings is 3. The van der Waals surface area contributed by atoms with Crippen molar-refractivity contribution in [1.82, 2.24) is 4.98 Å². The smallest absolute Gasteiger partial charge is 0.265 e. The van der Waals surface area contributed by atoms with E-state index in [1.165, 1.54) is 0 Å². The summed E-state index contributed by atoms with van der Waals surface area (Å²) in [5, 5.41) is 6.50. The van der Waals surface area contributed by atoms with Crippen molar-refractivity contribution in [3.05, 3.63) is 84.4 Å². The molecule has 3 aromatic carbocycles. The number of anilines is 2. The minimum Gasteiger partial charge on any atom is -0.479 e. The molecule has 2 amide bonds. The standard InChI is InChI=1S/C25H19N3O3/c1-15-24(29)28-22-13-17(11-12-23(22)31-15)26-25(30)19-14-21(16-7-3-2-4-8-16)27-20-10-6-5-9-18(19)20/h2-15H,1H3,(H,26,30)(H,28,29)/t15-/m0/s1. The van der Waals surface area contributed by atoms with Gasteiger partial charge in [-0.05, 0) is 37.3 Å². The number of hydrogen-bond donors (Lipinski definition) is 2. The van der Waals surface area contributed by atoms with Gasteiger partial charge in [0.05, 0.1) is 22.5 Å². The van der Waals surface area contributed by atoms with E-state index in [0.29, 0.717) is 22.7 Å². The second-order valence-corrected chi connectivity index (χ2v) is 7.35. The van der Waals surface area contributed by atoms with E-state index in [9.17, 15) is 9.59 Å². The van der Waals surface area contributed by atoms with Gasteiger partial charge in [0.25, 0.3) is 11.8 Å². The average Bonchev–Trinajstić information content (AvgIpc) is 2.80. The number of fused-ring (bicyclic) bond motifs is 2. The lowest BCUT2D eigenvalue weighted by molar-refractivity contribution is -0.122. The van der Waals surface area contributed by atoms with Crippen LogP contribution in [0.4, 0.5) is 11.4 Å². The number of carbonyl (C=O) groups is 2. The van der Waals surface area contributed by atoms with Crippen molar-refractivity contribution in [3.63, 3.8) is 0 Å². The quantitative estimate of drug-likeness (QED) is 0.506. The highest BCUT2D eigenvalue weighted by molar-refractivity contribution is 6.13. The Morgan fingerprint density at radius 1 is 1.00 bits per heavy atom. The molecule has 5 rings (SSSR count). The summed E-state index contributed by atoms with van der Waals surface area (Å²) in [6, 6.07) is 24.3. The molecule has 2 N–H and O–H groups in total. The molecule has 0 radical (unpaired) electrons. The van der Waals surface area contributed by atoms with E-state index in [1.807, 2.05) is 54.6 Å². The first-order valence-electron chi connectivity index (χ1n) is 9.96. The topological polar surface area (TPSA) is 80.3 Å². The van der Waals surface area contributed by atoms with Gasteiger partial charge >= 0.3 is 0 Å². The predicted octanol–water partition coefficient (Wildman–Crippen LogP) is 4.87. The fourth-order valence-corrected chi connectivity index (χ4v) is 3.61. The van der Waals surface area contributed by atoms with E-state index in [1.54, 1.807) is 31.2 Å². The molecule has 0 saturated heterocycles. The molecule has 0 unspecified atom stereocenters. The summed E-state index contributed by atoms with van der Waals surface area (Å²) < 4.78 is 5.58. The molecular formula is C25H19N3O3. The molecule has 6 nitrogen and oxygen atoms in total. The summed E-state index contributed by atoms with van der Waals surface area (Å²) >= 11 is 0. The Morgan fingerprint density at radius 2 is 1.77 bits per heavy atom. The van der Waals surface area contributed by atoms with Gasteiger partial charge in [-0.1, -0.05) is 48.5 Å². The van der Waals surface area contributed by atoms with Gasteiger partial charge in [0.15, 0.2) is 6.10 Å². The molecule has 2 heterocycles. The molecule has 6 heteroatoms. The first-order chi connectivity index (χ1) is 15.1. The number of ether oxygens (including phenoxy) is 1. The van der Waals surface area contributed by atoms with E-state index < -0.39 is 6.10 Å². The van der Waals surface area contributed by atoms with Gasteiger partial charge in [0.1, 0.15) is 5.75 Å². The van der Waals surface area contributed by atoms with Crippen LogP contribution in [-0.2, 0) is 4.79 Å². The number of nitrogens with one attached hydrogen (secondary N) is 2. The van der Waals surface area contributed by atoms with Gasteiger partial charge in [-0.15, -0.1) is 0 Å². The molecular weight excluding hydrogens is 390 g/mol. The Labute approximate surface area is 178 Å². The fourth-order valence-electron chi connectivity index (χ4n) is 3.61. The number of para-hydroxylation sites is 1. The van der Waals surface area contributed by atoms with E-state index in [-0.39, 0.29) is 11.8 Å². The lowest BCUT2D eigenvalue weighted by Crippen LogP contribution is -2.34. The summed E-state index contributed by atoms with van der Waals surface area (Å²) in [7, 11) is 0. The number of aromatic nitrogens is 1. The normalized spacial score (nSPS) is 15.0. The third kappa shape index (κ3) is 3.59. The fraction of sp³-hybridized carbons (Fsp3) is 0.0800. The van der Waals surface area contributed by atoms with Crippen LogP contribution in [0.25, 0.3) is 22.2 Å². The predicted molar refractivity (Wildman–Crippen MR) is 120 cm³/mol. The second-order valence-electron chi connectivity index (χ2n) is 7.35. The Balaban J connectivity index is 1.52. The maximum absolute atomic E-state index is 13.2. The highest BCUT2D eigenvalue weighted by Gasteiger charge is 2.24. The molecule has 1 aromatic heterocycles. The lowest BCUT2D eigenvalue weighted by Gasteiger charge is -2.23. The Kier molecular flexibility index (Phi) is 4.59. The zero-order chi connectivity index (χ0) is 21.4. The van der Waals surface area contributed by atoms with Crippen molar-refractivity contribution in [2.75, 3.05) is 10.6 Å². The van der Waals surface area contributed by atoms with Crippen LogP contribution in [0.15, 0.2) is 78.9 Å². The molecule has 0 saturated carbocycles. The summed E-state index contributed by atoms with van der Waals surface area (Å²) in [6.07, 6.45) is -0.549. The molecule has 1 aliphatic rings. The third-order valence-corrected chi connectivity index (χ3v) is 5.20. The molecule has 152 valence electrons. The molecule has 1 aliphatic heterocycles.